The van der Waals surface area contributed by atoms with E-state index < -0.39 is 11.4 Å². The van der Waals surface area contributed by atoms with Crippen molar-refractivity contribution in [2.24, 2.45) is 5.41 Å². The van der Waals surface area contributed by atoms with E-state index in [2.05, 4.69) is 4.90 Å². The van der Waals surface area contributed by atoms with Gasteiger partial charge in [-0.3, -0.25) is 0 Å². The second kappa shape index (κ2) is 5.25. The third kappa shape index (κ3) is 2.76. The highest BCUT2D eigenvalue weighted by atomic mass is 16.5. The number of hydrogen-bond donors (Lipinski definition) is 1. The van der Waals surface area contributed by atoms with E-state index in [-0.39, 0.29) is 5.76 Å². The van der Waals surface area contributed by atoms with Crippen molar-refractivity contribution in [2.75, 3.05) is 33.4 Å². The number of methoxy groups -OCH3 is 1. The van der Waals surface area contributed by atoms with Crippen molar-refractivity contribution in [3.63, 3.8) is 0 Å². The molecule has 0 spiro atoms. The first-order valence-electron chi connectivity index (χ1n) is 6.51. The molecule has 0 aromatic carbocycles. The van der Waals surface area contributed by atoms with Crippen molar-refractivity contribution in [2.45, 2.75) is 20.3 Å². The second-order valence-electron chi connectivity index (χ2n) is 5.55. The van der Waals surface area contributed by atoms with Crippen molar-refractivity contribution in [1.82, 2.24) is 4.90 Å². The molecule has 19 heavy (non-hydrogen) atoms. The maximum Gasteiger partial charge on any atom is 0.338 e. The van der Waals surface area contributed by atoms with Crippen LogP contribution in [-0.4, -0.2) is 49.4 Å². The van der Waals surface area contributed by atoms with Crippen LogP contribution >= 0.6 is 0 Å². The lowest BCUT2D eigenvalue weighted by Crippen LogP contribution is -2.39. The normalized spacial score (nSPS) is 23.1. The zero-order valence-corrected chi connectivity index (χ0v) is 11.7. The summed E-state index contributed by atoms with van der Waals surface area (Å²) >= 11 is 0. The van der Waals surface area contributed by atoms with E-state index in [0.29, 0.717) is 25.2 Å². The molecule has 0 atom stereocenters. The van der Waals surface area contributed by atoms with E-state index in [1.54, 1.807) is 6.08 Å². The van der Waals surface area contributed by atoms with Crippen molar-refractivity contribution in [3.05, 3.63) is 23.1 Å². The number of nitrogens with zero attached hydrogens (tertiary/aromatic N) is 1. The van der Waals surface area contributed by atoms with Gasteiger partial charge in [0.2, 0.25) is 0 Å². The van der Waals surface area contributed by atoms with E-state index in [1.807, 2.05) is 13.8 Å². The monoisotopic (exact) mass is 267 g/mol. The lowest BCUT2D eigenvalue weighted by molar-refractivity contribution is -0.137. The number of morpholine rings is 1. The number of aliphatic hydroxyl groups is 1. The zero-order valence-electron chi connectivity index (χ0n) is 11.7. The smallest absolute Gasteiger partial charge is 0.338 e. The van der Waals surface area contributed by atoms with Crippen LogP contribution < -0.4 is 0 Å². The third-order valence-electron chi connectivity index (χ3n) is 3.67. The van der Waals surface area contributed by atoms with E-state index in [4.69, 9.17) is 9.47 Å². The molecule has 5 nitrogen and oxygen atoms in total. The van der Waals surface area contributed by atoms with Gasteiger partial charge in [0.05, 0.1) is 25.9 Å². The van der Waals surface area contributed by atoms with Crippen LogP contribution in [0.3, 0.4) is 0 Å². The average Bonchev–Trinajstić information content (AvgIpc) is 2.37. The van der Waals surface area contributed by atoms with Crippen LogP contribution in [0.4, 0.5) is 0 Å². The molecular weight excluding hydrogens is 246 g/mol. The summed E-state index contributed by atoms with van der Waals surface area (Å²) in [6.45, 7) is 6.94. The van der Waals surface area contributed by atoms with Gasteiger partial charge >= 0.3 is 5.97 Å². The number of hydrogen-bond acceptors (Lipinski definition) is 5. The zero-order chi connectivity index (χ0) is 14.0. The van der Waals surface area contributed by atoms with Crippen LogP contribution in [0.1, 0.15) is 20.3 Å². The Morgan fingerprint density at radius 2 is 2.05 bits per heavy atom. The quantitative estimate of drug-likeness (QED) is 0.770. The van der Waals surface area contributed by atoms with Crippen molar-refractivity contribution in [1.29, 1.82) is 0 Å². The maximum atomic E-state index is 11.8. The standard InChI is InChI=1S/C14H21NO4/c1-14(2)9-10(15-4-6-19-7-5-15)8-11(16)12(14)13(17)18-3/h8,16H,4-7,9H2,1-3H3. The largest absolute Gasteiger partial charge is 0.507 e. The molecule has 1 aliphatic heterocycles. The number of rotatable bonds is 2. The topological polar surface area (TPSA) is 59.0 Å². The summed E-state index contributed by atoms with van der Waals surface area (Å²) in [5, 5.41) is 10.2. The number of ether oxygens (including phenoxy) is 2. The fourth-order valence-electron chi connectivity index (χ4n) is 2.71. The van der Waals surface area contributed by atoms with E-state index >= 15 is 0 Å². The number of carbonyl (C=O) groups excluding carboxylic acids is 1. The maximum absolute atomic E-state index is 11.8. The molecule has 1 fully saturated rings. The summed E-state index contributed by atoms with van der Waals surface area (Å²) in [6.07, 6.45) is 2.39. The third-order valence-corrected chi connectivity index (χ3v) is 3.67. The Morgan fingerprint density at radius 1 is 1.42 bits per heavy atom. The van der Waals surface area contributed by atoms with Crippen molar-refractivity contribution in [3.8, 4) is 0 Å². The minimum atomic E-state index is -0.459. The highest BCUT2D eigenvalue weighted by Gasteiger charge is 2.37. The van der Waals surface area contributed by atoms with Crippen molar-refractivity contribution >= 4 is 5.97 Å². The molecule has 0 radical (unpaired) electrons. The van der Waals surface area contributed by atoms with Gasteiger partial charge in [-0.05, 0) is 12.5 Å². The molecule has 0 unspecified atom stereocenters. The molecule has 106 valence electrons. The van der Waals surface area contributed by atoms with Crippen LogP contribution in [0.5, 0.6) is 0 Å². The molecule has 5 heteroatoms. The lowest BCUT2D eigenvalue weighted by atomic mass is 9.76. The molecule has 0 bridgehead atoms. The number of aliphatic hydroxyl groups excluding tert-OH is 1. The van der Waals surface area contributed by atoms with Gasteiger partial charge in [0.15, 0.2) is 0 Å². The molecular formula is C14H21NO4. The second-order valence-corrected chi connectivity index (χ2v) is 5.55. The highest BCUT2D eigenvalue weighted by Crippen LogP contribution is 2.40. The van der Waals surface area contributed by atoms with Gasteiger partial charge in [0.25, 0.3) is 0 Å². The average molecular weight is 267 g/mol. The summed E-state index contributed by atoms with van der Waals surface area (Å²) in [5.74, 6) is -0.440. The van der Waals surface area contributed by atoms with E-state index in [0.717, 1.165) is 18.8 Å². The molecule has 0 amide bonds. The summed E-state index contributed by atoms with van der Waals surface area (Å²) in [4.78, 5) is 14.0. The van der Waals surface area contributed by atoms with Crippen LogP contribution in [0.15, 0.2) is 23.1 Å². The van der Waals surface area contributed by atoms with Crippen LogP contribution in [-0.2, 0) is 14.3 Å². The minimum absolute atomic E-state index is 0.0181. The van der Waals surface area contributed by atoms with Gasteiger partial charge in [0.1, 0.15) is 5.76 Å². The van der Waals surface area contributed by atoms with Gasteiger partial charge in [0, 0.05) is 24.2 Å². The van der Waals surface area contributed by atoms with Crippen LogP contribution in [0, 0.1) is 5.41 Å². The Hall–Kier alpha value is -1.49. The molecule has 1 N–H and O–H groups in total. The number of esters is 1. The van der Waals surface area contributed by atoms with Crippen LogP contribution in [0.2, 0.25) is 0 Å². The van der Waals surface area contributed by atoms with E-state index in [1.165, 1.54) is 7.11 Å². The summed E-state index contributed by atoms with van der Waals surface area (Å²) < 4.78 is 10.1. The summed E-state index contributed by atoms with van der Waals surface area (Å²) in [7, 11) is 1.33. The fourth-order valence-corrected chi connectivity index (χ4v) is 2.71. The predicted octanol–water partition coefficient (Wildman–Crippen LogP) is 1.62. The number of allylic oxidation sites excluding steroid dienone is 2. The summed E-state index contributed by atoms with van der Waals surface area (Å²) in [5.41, 5.74) is 0.977. The molecule has 1 saturated heterocycles. The van der Waals surface area contributed by atoms with Crippen LogP contribution in [0.25, 0.3) is 0 Å². The van der Waals surface area contributed by atoms with E-state index in [9.17, 15) is 9.90 Å². The first-order valence-corrected chi connectivity index (χ1v) is 6.51. The van der Waals surface area contributed by atoms with Crippen molar-refractivity contribution < 1.29 is 19.4 Å². The first-order chi connectivity index (χ1) is 8.95. The highest BCUT2D eigenvalue weighted by molar-refractivity contribution is 5.91. The van der Waals surface area contributed by atoms with Gasteiger partial charge < -0.3 is 19.5 Å². The molecule has 0 saturated carbocycles. The molecule has 1 aliphatic carbocycles. The molecule has 0 aromatic heterocycles. The predicted molar refractivity (Wildman–Crippen MR) is 70.5 cm³/mol. The minimum Gasteiger partial charge on any atom is -0.507 e. The Bertz CT molecular complexity index is 431. The van der Waals surface area contributed by atoms with Gasteiger partial charge in [-0.1, -0.05) is 13.8 Å². The van der Waals surface area contributed by atoms with Gasteiger partial charge in [-0.15, -0.1) is 0 Å². The Labute approximate surface area is 113 Å². The Balaban J connectivity index is 2.30. The Kier molecular flexibility index (Phi) is 3.85. The molecule has 2 aliphatic rings. The molecule has 2 rings (SSSR count). The number of carbonyl (C=O) groups is 1. The fraction of sp³-hybridized carbons (Fsp3) is 0.643. The van der Waals surface area contributed by atoms with Gasteiger partial charge in [-0.2, -0.15) is 0 Å². The molecule has 1 heterocycles. The molecule has 0 aromatic rings. The summed E-state index contributed by atoms with van der Waals surface area (Å²) in [6, 6.07) is 0. The lowest BCUT2D eigenvalue weighted by Gasteiger charge is -2.38. The van der Waals surface area contributed by atoms with Gasteiger partial charge in [-0.25, -0.2) is 4.79 Å². The Morgan fingerprint density at radius 3 is 2.58 bits per heavy atom. The SMILES string of the molecule is COC(=O)C1=C(O)C=C(N2CCOCC2)CC1(C)C. The first kappa shape index (κ1) is 13.9.